The van der Waals surface area contributed by atoms with E-state index in [1.807, 2.05) is 7.05 Å². The average molecular weight is 258 g/mol. The van der Waals surface area contributed by atoms with Crippen LogP contribution in [0.4, 0.5) is 0 Å². The van der Waals surface area contributed by atoms with E-state index in [4.69, 9.17) is 11.6 Å². The molecule has 0 unspecified atom stereocenters. The normalized spacial score (nSPS) is 17.0. The van der Waals surface area contributed by atoms with E-state index in [-0.39, 0.29) is 0 Å². The van der Waals surface area contributed by atoms with Crippen LogP contribution in [0, 0.1) is 0 Å². The van der Waals surface area contributed by atoms with Crippen LogP contribution in [0.1, 0.15) is 12.0 Å². The van der Waals surface area contributed by atoms with Crippen LogP contribution < -0.4 is 5.32 Å². The molecule has 0 saturated heterocycles. The number of fused-ring (bicyclic) bond motifs is 1. The van der Waals surface area contributed by atoms with E-state index < -0.39 is 9.84 Å². The Balaban J connectivity index is 2.53. The molecule has 0 aliphatic carbocycles. The van der Waals surface area contributed by atoms with E-state index >= 15 is 0 Å². The SMILES string of the molecule is CNCCC1=CS(=O)(=O)c2cccc(Cl)c21. The Kier molecular flexibility index (Phi) is 3.06. The predicted molar refractivity (Wildman–Crippen MR) is 65.2 cm³/mol. The number of nitrogens with one attached hydrogen (secondary N) is 1. The van der Waals surface area contributed by atoms with Crippen LogP contribution in [0.25, 0.3) is 5.57 Å². The number of hydrogen-bond acceptors (Lipinski definition) is 3. The maximum absolute atomic E-state index is 11.8. The molecule has 0 spiro atoms. The fourth-order valence-electron chi connectivity index (χ4n) is 1.81. The van der Waals surface area contributed by atoms with E-state index in [0.29, 0.717) is 21.9 Å². The van der Waals surface area contributed by atoms with Gasteiger partial charge in [-0.1, -0.05) is 17.7 Å². The zero-order chi connectivity index (χ0) is 11.8. The summed E-state index contributed by atoms with van der Waals surface area (Å²) in [5, 5.41) is 4.81. The van der Waals surface area contributed by atoms with Crippen molar-refractivity contribution in [2.45, 2.75) is 11.3 Å². The molecule has 1 aromatic rings. The number of rotatable bonds is 3. The molecule has 3 nitrogen and oxygen atoms in total. The second-order valence-electron chi connectivity index (χ2n) is 3.65. The molecule has 86 valence electrons. The van der Waals surface area contributed by atoms with Gasteiger partial charge >= 0.3 is 0 Å². The largest absolute Gasteiger partial charge is 0.319 e. The Bertz CT molecular complexity index is 549. The Morgan fingerprint density at radius 2 is 2.12 bits per heavy atom. The van der Waals surface area contributed by atoms with Gasteiger partial charge < -0.3 is 5.32 Å². The van der Waals surface area contributed by atoms with Crippen molar-refractivity contribution in [3.8, 4) is 0 Å². The van der Waals surface area contributed by atoms with Crippen LogP contribution in [0.2, 0.25) is 5.02 Å². The summed E-state index contributed by atoms with van der Waals surface area (Å²) in [7, 11) is -1.45. The summed E-state index contributed by atoms with van der Waals surface area (Å²) in [5.74, 6) is 0. The smallest absolute Gasteiger partial charge is 0.200 e. The van der Waals surface area contributed by atoms with Crippen molar-refractivity contribution in [1.82, 2.24) is 5.32 Å². The van der Waals surface area contributed by atoms with Crippen LogP contribution in [0.15, 0.2) is 28.5 Å². The fraction of sp³-hybridized carbons (Fsp3) is 0.273. The van der Waals surface area contributed by atoms with E-state index in [1.54, 1.807) is 18.2 Å². The van der Waals surface area contributed by atoms with Crippen molar-refractivity contribution >= 4 is 27.0 Å². The van der Waals surface area contributed by atoms with E-state index in [2.05, 4.69) is 5.32 Å². The first kappa shape index (κ1) is 11.6. The first-order valence-electron chi connectivity index (χ1n) is 4.95. The monoisotopic (exact) mass is 257 g/mol. The van der Waals surface area contributed by atoms with Crippen LogP contribution in [0.3, 0.4) is 0 Å². The topological polar surface area (TPSA) is 46.2 Å². The first-order chi connectivity index (χ1) is 7.56. The summed E-state index contributed by atoms with van der Waals surface area (Å²) in [5.41, 5.74) is 1.45. The number of benzene rings is 1. The minimum absolute atomic E-state index is 0.325. The van der Waals surface area contributed by atoms with Crippen molar-refractivity contribution < 1.29 is 8.42 Å². The van der Waals surface area contributed by atoms with Crippen LogP contribution in [-0.2, 0) is 9.84 Å². The van der Waals surface area contributed by atoms with Crippen LogP contribution in [0.5, 0.6) is 0 Å². The molecule has 0 radical (unpaired) electrons. The number of sulfone groups is 1. The lowest BCUT2D eigenvalue weighted by Gasteiger charge is -2.05. The van der Waals surface area contributed by atoms with Gasteiger partial charge in [0.2, 0.25) is 9.84 Å². The van der Waals surface area contributed by atoms with Gasteiger partial charge in [0, 0.05) is 16.0 Å². The van der Waals surface area contributed by atoms with Crippen molar-refractivity contribution in [3.05, 3.63) is 34.2 Å². The highest BCUT2D eigenvalue weighted by Crippen LogP contribution is 2.39. The van der Waals surface area contributed by atoms with Crippen LogP contribution in [-0.4, -0.2) is 22.0 Å². The Labute approximate surface area is 100 Å². The molecule has 0 saturated carbocycles. The molecule has 2 rings (SSSR count). The molecule has 0 fully saturated rings. The third-order valence-electron chi connectivity index (χ3n) is 2.54. The molecule has 1 aliphatic heterocycles. The summed E-state index contributed by atoms with van der Waals surface area (Å²) in [4.78, 5) is 0.325. The molecule has 0 atom stereocenters. The van der Waals surface area contributed by atoms with Gasteiger partial charge in [-0.05, 0) is 37.7 Å². The summed E-state index contributed by atoms with van der Waals surface area (Å²) < 4.78 is 23.6. The van der Waals surface area contributed by atoms with Gasteiger partial charge in [-0.15, -0.1) is 0 Å². The van der Waals surface area contributed by atoms with Gasteiger partial charge in [0.15, 0.2) is 0 Å². The number of halogens is 1. The summed E-state index contributed by atoms with van der Waals surface area (Å²) in [6, 6.07) is 4.97. The highest BCUT2D eigenvalue weighted by atomic mass is 35.5. The van der Waals surface area contributed by atoms with Crippen molar-refractivity contribution in [3.63, 3.8) is 0 Å². The van der Waals surface area contributed by atoms with Gasteiger partial charge in [0.25, 0.3) is 0 Å². The molecule has 0 aromatic heterocycles. The van der Waals surface area contributed by atoms with Gasteiger partial charge in [-0.2, -0.15) is 0 Å². The zero-order valence-corrected chi connectivity index (χ0v) is 10.4. The number of hydrogen-bond donors (Lipinski definition) is 1. The zero-order valence-electron chi connectivity index (χ0n) is 8.83. The molecule has 1 N–H and O–H groups in total. The first-order valence-corrected chi connectivity index (χ1v) is 6.88. The Morgan fingerprint density at radius 1 is 1.38 bits per heavy atom. The van der Waals surface area contributed by atoms with Crippen molar-refractivity contribution in [2.75, 3.05) is 13.6 Å². The molecule has 0 amide bonds. The lowest BCUT2D eigenvalue weighted by atomic mass is 10.0. The molecule has 5 heteroatoms. The van der Waals surface area contributed by atoms with Gasteiger partial charge in [-0.3, -0.25) is 0 Å². The highest BCUT2D eigenvalue weighted by Gasteiger charge is 2.28. The minimum Gasteiger partial charge on any atom is -0.319 e. The summed E-state index contributed by atoms with van der Waals surface area (Å²) >= 11 is 6.04. The average Bonchev–Trinajstić information content (AvgIpc) is 2.49. The van der Waals surface area contributed by atoms with E-state index in [9.17, 15) is 8.42 Å². The third kappa shape index (κ3) is 1.88. The quantitative estimate of drug-likeness (QED) is 0.902. The molecule has 1 aromatic carbocycles. The molecular weight excluding hydrogens is 246 g/mol. The van der Waals surface area contributed by atoms with E-state index in [1.165, 1.54) is 5.41 Å². The Morgan fingerprint density at radius 3 is 2.81 bits per heavy atom. The molecule has 1 heterocycles. The lowest BCUT2D eigenvalue weighted by Crippen LogP contribution is -2.07. The van der Waals surface area contributed by atoms with Gasteiger partial charge in [0.05, 0.1) is 4.90 Å². The van der Waals surface area contributed by atoms with E-state index in [0.717, 1.165) is 12.1 Å². The predicted octanol–water partition coefficient (Wildman–Crippen LogP) is 2.08. The van der Waals surface area contributed by atoms with Crippen molar-refractivity contribution in [1.29, 1.82) is 0 Å². The summed E-state index contributed by atoms with van der Waals surface area (Å²) in [6.07, 6.45) is 0.659. The van der Waals surface area contributed by atoms with Gasteiger partial charge in [-0.25, -0.2) is 8.42 Å². The fourth-order valence-corrected chi connectivity index (χ4v) is 3.69. The van der Waals surface area contributed by atoms with Crippen molar-refractivity contribution in [2.24, 2.45) is 0 Å². The summed E-state index contributed by atoms with van der Waals surface area (Å²) in [6.45, 7) is 0.728. The highest BCUT2D eigenvalue weighted by molar-refractivity contribution is 7.95. The molecular formula is C11H12ClNO2S. The molecule has 16 heavy (non-hydrogen) atoms. The second-order valence-corrected chi connectivity index (χ2v) is 5.83. The van der Waals surface area contributed by atoms with Gasteiger partial charge in [0.1, 0.15) is 0 Å². The van der Waals surface area contributed by atoms with Crippen LogP contribution >= 0.6 is 11.6 Å². The molecule has 1 aliphatic rings. The minimum atomic E-state index is -3.28. The maximum Gasteiger partial charge on any atom is 0.200 e. The molecule has 0 bridgehead atoms. The standard InChI is InChI=1S/C11H12ClNO2S/c1-13-6-5-8-7-16(14,15)10-4-2-3-9(12)11(8)10/h2-4,7,13H,5-6H2,1H3. The maximum atomic E-state index is 11.8. The Hall–Kier alpha value is -0.840. The third-order valence-corrected chi connectivity index (χ3v) is 4.41. The lowest BCUT2D eigenvalue weighted by molar-refractivity contribution is 0.605. The second kappa shape index (κ2) is 4.20.